The van der Waals surface area contributed by atoms with Gasteiger partial charge in [-0.1, -0.05) is 23.7 Å². The van der Waals surface area contributed by atoms with Crippen LogP contribution in [0.5, 0.6) is 0 Å². The maximum atomic E-state index is 11.6. The molecule has 0 bridgehead atoms. The molecule has 1 amide bonds. The quantitative estimate of drug-likeness (QED) is 0.913. The van der Waals surface area contributed by atoms with Crippen molar-refractivity contribution in [1.29, 1.82) is 0 Å². The summed E-state index contributed by atoms with van der Waals surface area (Å²) in [7, 11) is 0. The van der Waals surface area contributed by atoms with E-state index in [0.717, 1.165) is 34.8 Å². The molecule has 96 valence electrons. The topological polar surface area (TPSA) is 42.0 Å². The smallest absolute Gasteiger partial charge is 0.253 e. The van der Waals surface area contributed by atoms with Crippen molar-refractivity contribution in [3.8, 4) is 0 Å². The van der Waals surface area contributed by atoms with E-state index < -0.39 is 0 Å². The van der Waals surface area contributed by atoms with Gasteiger partial charge in [0.1, 0.15) is 0 Å². The van der Waals surface area contributed by atoms with Gasteiger partial charge in [-0.05, 0) is 29.8 Å². The molecule has 1 aromatic carbocycles. The molecule has 2 heterocycles. The summed E-state index contributed by atoms with van der Waals surface area (Å²) in [5, 5.41) is 3.56. The van der Waals surface area contributed by atoms with Gasteiger partial charge >= 0.3 is 0 Å². The predicted molar refractivity (Wildman–Crippen MR) is 74.5 cm³/mol. The largest absolute Gasteiger partial charge is 0.352 e. The molecule has 1 N–H and O–H groups in total. The number of fused-ring (bicyclic) bond motifs is 1. The van der Waals surface area contributed by atoms with Gasteiger partial charge in [-0.15, -0.1) is 0 Å². The van der Waals surface area contributed by atoms with Crippen LogP contribution in [0.15, 0.2) is 36.4 Å². The molecule has 19 heavy (non-hydrogen) atoms. The highest BCUT2D eigenvalue weighted by molar-refractivity contribution is 6.30. The fourth-order valence-electron chi connectivity index (χ4n) is 2.24. The van der Waals surface area contributed by atoms with E-state index in [0.29, 0.717) is 12.1 Å². The summed E-state index contributed by atoms with van der Waals surface area (Å²) in [5.41, 5.74) is 3.74. The second kappa shape index (κ2) is 5.02. The van der Waals surface area contributed by atoms with Crippen molar-refractivity contribution in [2.75, 3.05) is 6.54 Å². The number of pyridine rings is 1. The molecular formula is C15H13ClN2O. The maximum absolute atomic E-state index is 11.6. The first-order valence-corrected chi connectivity index (χ1v) is 6.61. The third kappa shape index (κ3) is 2.61. The van der Waals surface area contributed by atoms with Gasteiger partial charge in [-0.3, -0.25) is 9.78 Å². The summed E-state index contributed by atoms with van der Waals surface area (Å²) in [5.74, 6) is -0.0215. The van der Waals surface area contributed by atoms with E-state index >= 15 is 0 Å². The van der Waals surface area contributed by atoms with Gasteiger partial charge in [-0.2, -0.15) is 0 Å². The van der Waals surface area contributed by atoms with Gasteiger partial charge < -0.3 is 5.32 Å². The number of nitrogens with one attached hydrogen (secondary N) is 1. The highest BCUT2D eigenvalue weighted by atomic mass is 35.5. The Morgan fingerprint density at radius 2 is 1.95 bits per heavy atom. The minimum absolute atomic E-state index is 0.0215. The molecule has 3 rings (SSSR count). The zero-order chi connectivity index (χ0) is 13.2. The van der Waals surface area contributed by atoms with E-state index in [1.54, 1.807) is 0 Å². The van der Waals surface area contributed by atoms with Gasteiger partial charge in [0.05, 0.1) is 11.3 Å². The van der Waals surface area contributed by atoms with Crippen LogP contribution < -0.4 is 5.32 Å². The number of nitrogens with zero attached hydrogens (tertiary/aromatic N) is 1. The number of amides is 1. The molecule has 0 saturated carbocycles. The lowest BCUT2D eigenvalue weighted by Crippen LogP contribution is -2.32. The zero-order valence-corrected chi connectivity index (χ0v) is 11.1. The highest BCUT2D eigenvalue weighted by Gasteiger charge is 2.17. The SMILES string of the molecule is O=C1NCCc2nc(Cc3ccc(Cl)cc3)ccc21. The highest BCUT2D eigenvalue weighted by Crippen LogP contribution is 2.16. The molecular weight excluding hydrogens is 260 g/mol. The van der Waals surface area contributed by atoms with Gasteiger partial charge in [0.2, 0.25) is 0 Å². The number of halogens is 1. The van der Waals surface area contributed by atoms with Crippen molar-refractivity contribution in [1.82, 2.24) is 10.3 Å². The lowest BCUT2D eigenvalue weighted by atomic mass is 10.0. The Morgan fingerprint density at radius 1 is 1.16 bits per heavy atom. The maximum Gasteiger partial charge on any atom is 0.253 e. The normalized spacial score (nSPS) is 13.8. The number of hydrogen-bond acceptors (Lipinski definition) is 2. The summed E-state index contributed by atoms with van der Waals surface area (Å²) >= 11 is 5.87. The van der Waals surface area contributed by atoms with Gasteiger partial charge in [0.15, 0.2) is 0 Å². The molecule has 1 aliphatic heterocycles. The number of carbonyl (C=O) groups excluding carboxylic acids is 1. The molecule has 1 aromatic heterocycles. The Bertz CT molecular complexity index is 623. The number of benzene rings is 1. The van der Waals surface area contributed by atoms with E-state index in [1.165, 1.54) is 0 Å². The first-order valence-electron chi connectivity index (χ1n) is 6.24. The van der Waals surface area contributed by atoms with E-state index in [2.05, 4.69) is 10.3 Å². The van der Waals surface area contributed by atoms with Crippen LogP contribution in [0.2, 0.25) is 5.02 Å². The molecule has 1 aliphatic rings. The minimum Gasteiger partial charge on any atom is -0.352 e. The fraction of sp³-hybridized carbons (Fsp3) is 0.200. The second-order valence-corrected chi connectivity index (χ2v) is 5.04. The Hall–Kier alpha value is -1.87. The van der Waals surface area contributed by atoms with Crippen molar-refractivity contribution in [3.63, 3.8) is 0 Å². The molecule has 0 aliphatic carbocycles. The summed E-state index contributed by atoms with van der Waals surface area (Å²) in [6.45, 7) is 0.670. The Kier molecular flexibility index (Phi) is 3.22. The molecule has 2 aromatic rings. The van der Waals surface area contributed by atoms with Crippen molar-refractivity contribution in [3.05, 3.63) is 63.9 Å². The Labute approximate surface area is 116 Å². The third-order valence-electron chi connectivity index (χ3n) is 3.22. The van der Waals surface area contributed by atoms with E-state index in [1.807, 2.05) is 36.4 Å². The van der Waals surface area contributed by atoms with Crippen LogP contribution in [-0.4, -0.2) is 17.4 Å². The first-order chi connectivity index (χ1) is 9.22. The number of carbonyl (C=O) groups is 1. The lowest BCUT2D eigenvalue weighted by Gasteiger charge is -2.16. The van der Waals surface area contributed by atoms with Crippen molar-refractivity contribution < 1.29 is 4.79 Å². The first kappa shape index (κ1) is 12.2. The number of hydrogen-bond donors (Lipinski definition) is 1. The molecule has 3 nitrogen and oxygen atoms in total. The standard InChI is InChI=1S/C15H13ClN2O/c16-11-3-1-10(2-4-11)9-12-5-6-13-14(18-12)7-8-17-15(13)19/h1-6H,7-9H2,(H,17,19). The summed E-state index contributed by atoms with van der Waals surface area (Å²) in [6.07, 6.45) is 1.56. The molecule has 0 spiro atoms. The van der Waals surface area contributed by atoms with Crippen molar-refractivity contribution in [2.24, 2.45) is 0 Å². The van der Waals surface area contributed by atoms with Crippen LogP contribution in [0.1, 0.15) is 27.3 Å². The monoisotopic (exact) mass is 272 g/mol. The van der Waals surface area contributed by atoms with Crippen LogP contribution in [0.25, 0.3) is 0 Å². The Morgan fingerprint density at radius 3 is 2.74 bits per heavy atom. The van der Waals surface area contributed by atoms with Crippen LogP contribution in [0.4, 0.5) is 0 Å². The molecule has 0 saturated heterocycles. The van der Waals surface area contributed by atoms with Crippen molar-refractivity contribution >= 4 is 17.5 Å². The summed E-state index contributed by atoms with van der Waals surface area (Å²) in [4.78, 5) is 16.2. The number of rotatable bonds is 2. The Balaban J connectivity index is 1.86. The zero-order valence-electron chi connectivity index (χ0n) is 10.3. The van der Waals surface area contributed by atoms with Crippen LogP contribution in [-0.2, 0) is 12.8 Å². The predicted octanol–water partition coefficient (Wildman–Crippen LogP) is 2.61. The van der Waals surface area contributed by atoms with Gasteiger partial charge in [0.25, 0.3) is 5.91 Å². The average Bonchev–Trinajstić information content (AvgIpc) is 2.42. The van der Waals surface area contributed by atoms with Crippen LogP contribution >= 0.6 is 11.6 Å². The molecule has 0 fully saturated rings. The minimum atomic E-state index is -0.0215. The van der Waals surface area contributed by atoms with E-state index in [4.69, 9.17) is 11.6 Å². The van der Waals surface area contributed by atoms with E-state index in [-0.39, 0.29) is 5.91 Å². The molecule has 4 heteroatoms. The van der Waals surface area contributed by atoms with E-state index in [9.17, 15) is 4.79 Å². The van der Waals surface area contributed by atoms with Crippen LogP contribution in [0, 0.1) is 0 Å². The lowest BCUT2D eigenvalue weighted by molar-refractivity contribution is 0.0945. The molecule has 0 radical (unpaired) electrons. The van der Waals surface area contributed by atoms with Crippen LogP contribution in [0.3, 0.4) is 0 Å². The van der Waals surface area contributed by atoms with Crippen molar-refractivity contribution in [2.45, 2.75) is 12.8 Å². The van der Waals surface area contributed by atoms with Gasteiger partial charge in [-0.25, -0.2) is 0 Å². The summed E-state index contributed by atoms with van der Waals surface area (Å²) in [6, 6.07) is 11.5. The third-order valence-corrected chi connectivity index (χ3v) is 3.47. The van der Waals surface area contributed by atoms with Gasteiger partial charge in [0, 0.05) is 30.1 Å². The molecule has 0 atom stereocenters. The second-order valence-electron chi connectivity index (χ2n) is 4.61. The summed E-state index contributed by atoms with van der Waals surface area (Å²) < 4.78 is 0. The average molecular weight is 273 g/mol. The number of aromatic nitrogens is 1. The fourth-order valence-corrected chi connectivity index (χ4v) is 2.37. The molecule has 0 unspecified atom stereocenters.